The van der Waals surface area contributed by atoms with E-state index in [1.54, 1.807) is 36.0 Å². The summed E-state index contributed by atoms with van der Waals surface area (Å²) in [7, 11) is 1.64. The minimum Gasteiger partial charge on any atom is -0.496 e. The van der Waals surface area contributed by atoms with Crippen molar-refractivity contribution in [2.45, 2.75) is 6.92 Å². The molecule has 1 N–H and O–H groups in total. The number of hydrogen-bond acceptors (Lipinski definition) is 5. The van der Waals surface area contributed by atoms with E-state index in [1.165, 1.54) is 0 Å². The Labute approximate surface area is 130 Å². The molecule has 0 aliphatic carbocycles. The van der Waals surface area contributed by atoms with Gasteiger partial charge < -0.3 is 9.84 Å². The van der Waals surface area contributed by atoms with E-state index in [-0.39, 0.29) is 5.88 Å². The SMILES string of the molecule is COc1cc2c(cc1-c1ccsc1)ncc1nc(C)c(O)n12. The Hall–Kier alpha value is -2.60. The second-order valence-corrected chi connectivity index (χ2v) is 5.81. The van der Waals surface area contributed by atoms with E-state index in [1.807, 2.05) is 23.6 Å². The van der Waals surface area contributed by atoms with Gasteiger partial charge in [0.2, 0.25) is 5.88 Å². The second-order valence-electron chi connectivity index (χ2n) is 5.03. The molecule has 1 aromatic carbocycles. The van der Waals surface area contributed by atoms with Crippen molar-refractivity contribution in [1.82, 2.24) is 14.4 Å². The fourth-order valence-corrected chi connectivity index (χ4v) is 3.30. The molecule has 0 aliphatic rings. The van der Waals surface area contributed by atoms with Crippen molar-refractivity contribution in [3.63, 3.8) is 0 Å². The molecular weight excluding hydrogens is 298 g/mol. The van der Waals surface area contributed by atoms with Crippen LogP contribution in [0.1, 0.15) is 5.69 Å². The van der Waals surface area contributed by atoms with Crippen LogP contribution in [0.15, 0.2) is 35.2 Å². The van der Waals surface area contributed by atoms with Crippen molar-refractivity contribution in [2.75, 3.05) is 7.11 Å². The number of fused-ring (bicyclic) bond motifs is 3. The number of rotatable bonds is 2. The van der Waals surface area contributed by atoms with Crippen molar-refractivity contribution in [2.24, 2.45) is 0 Å². The van der Waals surface area contributed by atoms with Gasteiger partial charge in [0.15, 0.2) is 5.65 Å². The first kappa shape index (κ1) is 13.1. The maximum atomic E-state index is 10.2. The maximum absolute atomic E-state index is 10.2. The molecule has 0 fully saturated rings. The van der Waals surface area contributed by atoms with E-state index in [0.29, 0.717) is 11.3 Å². The first-order valence-corrected chi connectivity index (χ1v) is 7.70. The number of imidazole rings is 1. The Morgan fingerprint density at radius 3 is 2.91 bits per heavy atom. The predicted molar refractivity (Wildman–Crippen MR) is 86.8 cm³/mol. The summed E-state index contributed by atoms with van der Waals surface area (Å²) >= 11 is 1.64. The number of nitrogens with zero attached hydrogens (tertiary/aromatic N) is 3. The fraction of sp³-hybridized carbons (Fsp3) is 0.125. The Morgan fingerprint density at radius 2 is 2.18 bits per heavy atom. The molecule has 0 unspecified atom stereocenters. The van der Waals surface area contributed by atoms with Gasteiger partial charge in [0.05, 0.1) is 24.3 Å². The third-order valence-corrected chi connectivity index (χ3v) is 4.42. The quantitative estimate of drug-likeness (QED) is 0.614. The molecule has 5 nitrogen and oxygen atoms in total. The molecule has 4 aromatic rings. The first-order valence-electron chi connectivity index (χ1n) is 6.76. The molecule has 110 valence electrons. The van der Waals surface area contributed by atoms with Gasteiger partial charge >= 0.3 is 0 Å². The van der Waals surface area contributed by atoms with Gasteiger partial charge in [-0.2, -0.15) is 11.3 Å². The van der Waals surface area contributed by atoms with Crippen LogP contribution < -0.4 is 4.74 Å². The third kappa shape index (κ3) is 1.77. The molecule has 0 saturated carbocycles. The number of aromatic nitrogens is 3. The van der Waals surface area contributed by atoms with Crippen molar-refractivity contribution < 1.29 is 9.84 Å². The molecule has 3 heterocycles. The molecule has 3 aromatic heterocycles. The smallest absolute Gasteiger partial charge is 0.219 e. The molecule has 0 atom stereocenters. The minimum atomic E-state index is 0.132. The van der Waals surface area contributed by atoms with E-state index >= 15 is 0 Å². The van der Waals surface area contributed by atoms with Crippen LogP contribution in [0.25, 0.3) is 27.8 Å². The van der Waals surface area contributed by atoms with Gasteiger partial charge in [-0.15, -0.1) is 0 Å². The standard InChI is InChI=1S/C16H13N3O2S/c1-9-16(20)19-13-6-14(21-2)11(10-3-4-22-8-10)5-12(13)17-7-15(19)18-9/h3-8,20H,1-2H3. The summed E-state index contributed by atoms with van der Waals surface area (Å²) in [4.78, 5) is 8.77. The number of aromatic hydroxyl groups is 1. The Kier molecular flexibility index (Phi) is 2.80. The molecule has 6 heteroatoms. The number of hydrogen-bond donors (Lipinski definition) is 1. The fourth-order valence-electron chi connectivity index (χ4n) is 2.65. The molecule has 0 bridgehead atoms. The number of aryl methyl sites for hydroxylation is 1. The lowest BCUT2D eigenvalue weighted by Gasteiger charge is -2.10. The zero-order valence-electron chi connectivity index (χ0n) is 12.1. The normalized spacial score (nSPS) is 11.4. The third-order valence-electron chi connectivity index (χ3n) is 3.74. The second kappa shape index (κ2) is 4.71. The average Bonchev–Trinajstić information content (AvgIpc) is 3.15. The molecule has 4 rings (SSSR count). The van der Waals surface area contributed by atoms with Crippen LogP contribution in [-0.4, -0.2) is 26.6 Å². The predicted octanol–water partition coefficient (Wildman–Crippen LogP) is 3.63. The number of thiophene rings is 1. The number of benzene rings is 1. The van der Waals surface area contributed by atoms with Gasteiger partial charge in [-0.25, -0.2) is 4.98 Å². The number of ether oxygens (including phenoxy) is 1. The summed E-state index contributed by atoms with van der Waals surface area (Å²) in [6.45, 7) is 1.77. The van der Waals surface area contributed by atoms with Crippen molar-refractivity contribution >= 4 is 28.0 Å². The molecule has 0 amide bonds. The van der Waals surface area contributed by atoms with Crippen LogP contribution in [0.2, 0.25) is 0 Å². The number of methoxy groups -OCH3 is 1. The lowest BCUT2D eigenvalue weighted by atomic mass is 10.1. The molecular formula is C16H13N3O2S. The van der Waals surface area contributed by atoms with Crippen molar-refractivity contribution in [3.05, 3.63) is 40.8 Å². The summed E-state index contributed by atoms with van der Waals surface area (Å²) in [6.07, 6.45) is 1.67. The van der Waals surface area contributed by atoms with Crippen LogP contribution in [0.4, 0.5) is 0 Å². The summed E-state index contributed by atoms with van der Waals surface area (Å²) in [5.74, 6) is 0.874. The van der Waals surface area contributed by atoms with Gasteiger partial charge in [-0.1, -0.05) is 0 Å². The van der Waals surface area contributed by atoms with Crippen LogP contribution in [0, 0.1) is 6.92 Å². The monoisotopic (exact) mass is 311 g/mol. The van der Waals surface area contributed by atoms with E-state index < -0.39 is 0 Å². The van der Waals surface area contributed by atoms with Crippen LogP contribution >= 0.6 is 11.3 Å². The Bertz CT molecular complexity index is 990. The highest BCUT2D eigenvalue weighted by atomic mass is 32.1. The Morgan fingerprint density at radius 1 is 1.32 bits per heavy atom. The zero-order valence-corrected chi connectivity index (χ0v) is 12.9. The zero-order chi connectivity index (χ0) is 15.3. The average molecular weight is 311 g/mol. The van der Waals surface area contributed by atoms with Gasteiger partial charge in [0.1, 0.15) is 11.4 Å². The van der Waals surface area contributed by atoms with Crippen LogP contribution in [-0.2, 0) is 0 Å². The summed E-state index contributed by atoms with van der Waals surface area (Å²) in [5.41, 5.74) is 4.83. The summed E-state index contributed by atoms with van der Waals surface area (Å²) in [5, 5.41) is 14.3. The molecule has 0 radical (unpaired) electrons. The van der Waals surface area contributed by atoms with Gasteiger partial charge in [-0.3, -0.25) is 9.38 Å². The summed E-state index contributed by atoms with van der Waals surface area (Å²) < 4.78 is 7.23. The van der Waals surface area contributed by atoms with Gasteiger partial charge in [0, 0.05) is 11.6 Å². The summed E-state index contributed by atoms with van der Waals surface area (Å²) in [6, 6.07) is 5.92. The van der Waals surface area contributed by atoms with Gasteiger partial charge in [-0.05, 0) is 35.4 Å². The highest BCUT2D eigenvalue weighted by molar-refractivity contribution is 7.08. The highest BCUT2D eigenvalue weighted by Gasteiger charge is 2.15. The lowest BCUT2D eigenvalue weighted by molar-refractivity contribution is 0.416. The van der Waals surface area contributed by atoms with E-state index in [4.69, 9.17) is 4.74 Å². The van der Waals surface area contributed by atoms with Crippen LogP contribution in [0.3, 0.4) is 0 Å². The van der Waals surface area contributed by atoms with Crippen molar-refractivity contribution in [1.29, 1.82) is 0 Å². The van der Waals surface area contributed by atoms with Crippen LogP contribution in [0.5, 0.6) is 11.6 Å². The molecule has 0 aliphatic heterocycles. The highest BCUT2D eigenvalue weighted by Crippen LogP contribution is 2.35. The first-order chi connectivity index (χ1) is 10.7. The maximum Gasteiger partial charge on any atom is 0.219 e. The van der Waals surface area contributed by atoms with E-state index in [9.17, 15) is 5.11 Å². The Balaban J connectivity index is 2.11. The van der Waals surface area contributed by atoms with E-state index in [0.717, 1.165) is 27.9 Å². The molecule has 0 saturated heterocycles. The lowest BCUT2D eigenvalue weighted by Crippen LogP contribution is -1.94. The van der Waals surface area contributed by atoms with E-state index in [2.05, 4.69) is 15.3 Å². The van der Waals surface area contributed by atoms with Gasteiger partial charge in [0.25, 0.3) is 0 Å². The van der Waals surface area contributed by atoms with Crippen molar-refractivity contribution in [3.8, 4) is 22.8 Å². The topological polar surface area (TPSA) is 59.7 Å². The molecule has 22 heavy (non-hydrogen) atoms. The largest absolute Gasteiger partial charge is 0.496 e. The molecule has 0 spiro atoms. The minimum absolute atomic E-state index is 0.132.